The maximum absolute atomic E-state index is 5.69. The average Bonchev–Trinajstić information content (AvgIpc) is 2.47. The van der Waals surface area contributed by atoms with E-state index in [-0.39, 0.29) is 5.41 Å². The molecule has 0 amide bonds. The molecule has 2 aromatic rings. The molecule has 0 aliphatic rings. The van der Waals surface area contributed by atoms with Gasteiger partial charge in [0, 0.05) is 12.7 Å². The van der Waals surface area contributed by atoms with Crippen LogP contribution in [0.3, 0.4) is 0 Å². The van der Waals surface area contributed by atoms with Crippen molar-refractivity contribution in [1.82, 2.24) is 15.2 Å². The maximum Gasteiger partial charge on any atom is 0.148 e. The molecule has 0 spiro atoms. The third kappa shape index (κ3) is 3.72. The molecule has 0 saturated heterocycles. The summed E-state index contributed by atoms with van der Waals surface area (Å²) < 4.78 is 0. The molecule has 0 radical (unpaired) electrons. The van der Waals surface area contributed by atoms with Crippen molar-refractivity contribution in [3.05, 3.63) is 36.5 Å². The molecule has 19 heavy (non-hydrogen) atoms. The number of nitrogens with one attached hydrogen (secondary N) is 1. The number of anilines is 1. The summed E-state index contributed by atoms with van der Waals surface area (Å²) >= 11 is 0. The van der Waals surface area contributed by atoms with Gasteiger partial charge >= 0.3 is 0 Å². The second-order valence-electron chi connectivity index (χ2n) is 5.24. The first-order chi connectivity index (χ1) is 9.11. The van der Waals surface area contributed by atoms with E-state index in [9.17, 15) is 0 Å². The summed E-state index contributed by atoms with van der Waals surface area (Å²) in [6, 6.07) is 9.53. The Morgan fingerprint density at radius 2 is 1.95 bits per heavy atom. The number of nitrogens with two attached hydrogens (primary N) is 1. The molecule has 2 rings (SSSR count). The Hall–Kier alpha value is -2.01. The Balaban J connectivity index is 2.03. The average molecular weight is 257 g/mol. The first-order valence-corrected chi connectivity index (χ1v) is 6.30. The molecule has 0 aliphatic carbocycles. The molecule has 0 bridgehead atoms. The Kier molecular flexibility index (Phi) is 4.06. The maximum atomic E-state index is 5.69. The number of rotatable bonds is 5. The van der Waals surface area contributed by atoms with Gasteiger partial charge in [-0.3, -0.25) is 4.98 Å². The summed E-state index contributed by atoms with van der Waals surface area (Å²) in [7, 11) is 0. The summed E-state index contributed by atoms with van der Waals surface area (Å²) in [6.45, 7) is 5.60. The molecule has 5 nitrogen and oxygen atoms in total. The fourth-order valence-electron chi connectivity index (χ4n) is 1.48. The predicted molar refractivity (Wildman–Crippen MR) is 76.6 cm³/mol. The van der Waals surface area contributed by atoms with Crippen LogP contribution in [-0.2, 0) is 0 Å². The topological polar surface area (TPSA) is 76.7 Å². The van der Waals surface area contributed by atoms with Crippen molar-refractivity contribution in [3.63, 3.8) is 0 Å². The minimum Gasteiger partial charge on any atom is -0.368 e. The summed E-state index contributed by atoms with van der Waals surface area (Å²) in [6.07, 6.45) is 1.74. The highest BCUT2D eigenvalue weighted by Gasteiger charge is 2.15. The lowest BCUT2D eigenvalue weighted by molar-refractivity contribution is 0.405. The number of nitrogens with zero attached hydrogens (tertiary/aromatic N) is 3. The largest absolute Gasteiger partial charge is 0.368 e. The van der Waals surface area contributed by atoms with Crippen molar-refractivity contribution < 1.29 is 0 Å². The standard InChI is InChI=1S/C14H19N5/c1-14(2,9-15)10-17-13-7-6-12(18-19-13)11-5-3-4-8-16-11/h3-8H,9-10,15H2,1-2H3,(H,17,19). The van der Waals surface area contributed by atoms with Crippen LogP contribution in [0.2, 0.25) is 0 Å². The molecular formula is C14H19N5. The highest BCUT2D eigenvalue weighted by molar-refractivity contribution is 5.54. The normalized spacial score (nSPS) is 11.3. The number of pyridine rings is 1. The molecule has 2 heterocycles. The first-order valence-electron chi connectivity index (χ1n) is 6.30. The van der Waals surface area contributed by atoms with E-state index in [1.54, 1.807) is 6.20 Å². The third-order valence-corrected chi connectivity index (χ3v) is 2.89. The number of aromatic nitrogens is 3. The van der Waals surface area contributed by atoms with Crippen LogP contribution in [0.4, 0.5) is 5.82 Å². The van der Waals surface area contributed by atoms with E-state index in [2.05, 4.69) is 34.3 Å². The summed E-state index contributed by atoms with van der Waals surface area (Å²) in [5.41, 5.74) is 7.32. The number of hydrogen-bond donors (Lipinski definition) is 2. The molecule has 0 fully saturated rings. The lowest BCUT2D eigenvalue weighted by Crippen LogP contribution is -2.31. The SMILES string of the molecule is CC(C)(CN)CNc1ccc(-c2ccccn2)nn1. The van der Waals surface area contributed by atoms with Crippen molar-refractivity contribution >= 4 is 5.82 Å². The van der Waals surface area contributed by atoms with Crippen LogP contribution in [0.15, 0.2) is 36.5 Å². The highest BCUT2D eigenvalue weighted by atomic mass is 15.2. The molecule has 0 aliphatic heterocycles. The molecular weight excluding hydrogens is 238 g/mol. The van der Waals surface area contributed by atoms with Crippen LogP contribution >= 0.6 is 0 Å². The predicted octanol–water partition coefficient (Wildman–Crippen LogP) is 1.94. The first kappa shape index (κ1) is 13.4. The van der Waals surface area contributed by atoms with E-state index in [0.717, 1.165) is 23.8 Å². The minimum absolute atomic E-state index is 0.0430. The molecule has 3 N–H and O–H groups in total. The van der Waals surface area contributed by atoms with E-state index < -0.39 is 0 Å². The fourth-order valence-corrected chi connectivity index (χ4v) is 1.48. The molecule has 100 valence electrons. The second kappa shape index (κ2) is 5.75. The van der Waals surface area contributed by atoms with Gasteiger partial charge in [-0.15, -0.1) is 10.2 Å². The Morgan fingerprint density at radius 3 is 2.53 bits per heavy atom. The van der Waals surface area contributed by atoms with Crippen LogP contribution < -0.4 is 11.1 Å². The smallest absolute Gasteiger partial charge is 0.148 e. The van der Waals surface area contributed by atoms with Crippen LogP contribution in [0.1, 0.15) is 13.8 Å². The van der Waals surface area contributed by atoms with E-state index in [1.165, 1.54) is 0 Å². The summed E-state index contributed by atoms with van der Waals surface area (Å²) in [4.78, 5) is 4.24. The van der Waals surface area contributed by atoms with Gasteiger partial charge in [-0.1, -0.05) is 19.9 Å². The minimum atomic E-state index is 0.0430. The van der Waals surface area contributed by atoms with Crippen LogP contribution in [0.5, 0.6) is 0 Å². The van der Waals surface area contributed by atoms with Gasteiger partial charge < -0.3 is 11.1 Å². The quantitative estimate of drug-likeness (QED) is 0.856. The molecule has 0 aromatic carbocycles. The van der Waals surface area contributed by atoms with Crippen molar-refractivity contribution in [1.29, 1.82) is 0 Å². The van der Waals surface area contributed by atoms with Crippen molar-refractivity contribution in [2.45, 2.75) is 13.8 Å². The van der Waals surface area contributed by atoms with Crippen LogP contribution in [0, 0.1) is 5.41 Å². The molecule has 2 aromatic heterocycles. The number of hydrogen-bond acceptors (Lipinski definition) is 5. The second-order valence-corrected chi connectivity index (χ2v) is 5.24. The molecule has 0 atom stereocenters. The highest BCUT2D eigenvalue weighted by Crippen LogP contribution is 2.16. The Labute approximate surface area is 113 Å². The van der Waals surface area contributed by atoms with Gasteiger partial charge in [-0.25, -0.2) is 0 Å². The van der Waals surface area contributed by atoms with Gasteiger partial charge in [0.1, 0.15) is 11.5 Å². The molecule has 0 unspecified atom stereocenters. The monoisotopic (exact) mass is 257 g/mol. The van der Waals surface area contributed by atoms with Crippen LogP contribution in [-0.4, -0.2) is 28.3 Å². The Morgan fingerprint density at radius 1 is 1.11 bits per heavy atom. The zero-order chi connectivity index (χ0) is 13.7. The summed E-state index contributed by atoms with van der Waals surface area (Å²) in [5, 5.41) is 11.6. The zero-order valence-electron chi connectivity index (χ0n) is 11.3. The van der Waals surface area contributed by atoms with E-state index >= 15 is 0 Å². The van der Waals surface area contributed by atoms with E-state index in [0.29, 0.717) is 6.54 Å². The van der Waals surface area contributed by atoms with Gasteiger partial charge in [0.15, 0.2) is 0 Å². The van der Waals surface area contributed by atoms with Gasteiger partial charge in [0.2, 0.25) is 0 Å². The van der Waals surface area contributed by atoms with Gasteiger partial charge in [-0.2, -0.15) is 0 Å². The van der Waals surface area contributed by atoms with Gasteiger partial charge in [-0.05, 0) is 36.2 Å². The lowest BCUT2D eigenvalue weighted by Gasteiger charge is -2.22. The Bertz CT molecular complexity index is 507. The van der Waals surface area contributed by atoms with Gasteiger partial charge in [0.05, 0.1) is 5.69 Å². The third-order valence-electron chi connectivity index (χ3n) is 2.89. The van der Waals surface area contributed by atoms with Gasteiger partial charge in [0.25, 0.3) is 0 Å². The van der Waals surface area contributed by atoms with Crippen molar-refractivity contribution in [2.24, 2.45) is 11.1 Å². The summed E-state index contributed by atoms with van der Waals surface area (Å²) in [5.74, 6) is 0.751. The fraction of sp³-hybridized carbons (Fsp3) is 0.357. The molecule has 0 saturated carbocycles. The van der Waals surface area contributed by atoms with Crippen molar-refractivity contribution in [3.8, 4) is 11.4 Å². The van der Waals surface area contributed by atoms with E-state index in [4.69, 9.17) is 5.73 Å². The zero-order valence-corrected chi connectivity index (χ0v) is 11.3. The van der Waals surface area contributed by atoms with Crippen molar-refractivity contribution in [2.75, 3.05) is 18.4 Å². The lowest BCUT2D eigenvalue weighted by atomic mass is 9.94. The molecule has 5 heteroatoms. The van der Waals surface area contributed by atoms with Crippen LogP contribution in [0.25, 0.3) is 11.4 Å². The van der Waals surface area contributed by atoms with E-state index in [1.807, 2.05) is 30.3 Å².